The summed E-state index contributed by atoms with van der Waals surface area (Å²) >= 11 is 1.69. The molecule has 2 aliphatic heterocycles. The Morgan fingerprint density at radius 2 is 2.16 bits per heavy atom. The molecule has 3 heterocycles. The highest BCUT2D eigenvalue weighted by molar-refractivity contribution is 7.10. The summed E-state index contributed by atoms with van der Waals surface area (Å²) in [7, 11) is 0. The van der Waals surface area contributed by atoms with Gasteiger partial charge in [0.2, 0.25) is 0 Å². The van der Waals surface area contributed by atoms with Crippen LogP contribution >= 0.6 is 11.3 Å². The third-order valence-corrected chi connectivity index (χ3v) is 5.62. The van der Waals surface area contributed by atoms with Gasteiger partial charge < -0.3 is 15.5 Å². The molecule has 6 nitrogen and oxygen atoms in total. The van der Waals surface area contributed by atoms with Gasteiger partial charge in [-0.25, -0.2) is 9.59 Å². The van der Waals surface area contributed by atoms with Crippen LogP contribution in [0.3, 0.4) is 0 Å². The molecule has 4 rings (SSSR count). The summed E-state index contributed by atoms with van der Waals surface area (Å²) in [6, 6.07) is 11.5. The molecule has 0 bridgehead atoms. The molecular weight excluding hydrogens is 336 g/mol. The second-order valence-corrected chi connectivity index (χ2v) is 7.21. The summed E-state index contributed by atoms with van der Waals surface area (Å²) in [5.41, 5.74) is 1.50. The zero-order valence-electron chi connectivity index (χ0n) is 13.8. The number of hydrogen-bond donors (Lipinski definition) is 2. The molecule has 1 aromatic heterocycles. The van der Waals surface area contributed by atoms with Crippen molar-refractivity contribution in [3.05, 3.63) is 46.7 Å². The number of carbonyl (C=O) groups excluding carboxylic acids is 2. The smallest absolute Gasteiger partial charge is 0.322 e. The van der Waals surface area contributed by atoms with E-state index in [1.807, 2.05) is 40.6 Å². The van der Waals surface area contributed by atoms with E-state index in [9.17, 15) is 9.59 Å². The fourth-order valence-corrected chi connectivity index (χ4v) is 4.32. The van der Waals surface area contributed by atoms with Crippen LogP contribution in [0.4, 0.5) is 21.0 Å². The number of hydrogen-bond acceptors (Lipinski definition) is 3. The van der Waals surface area contributed by atoms with Gasteiger partial charge in [-0.2, -0.15) is 0 Å². The Morgan fingerprint density at radius 1 is 1.24 bits per heavy atom. The average Bonchev–Trinajstić information content (AvgIpc) is 3.36. The maximum Gasteiger partial charge on any atom is 0.322 e. The lowest BCUT2D eigenvalue weighted by Gasteiger charge is -2.24. The van der Waals surface area contributed by atoms with Crippen molar-refractivity contribution in [1.29, 1.82) is 0 Å². The molecule has 1 aromatic carbocycles. The van der Waals surface area contributed by atoms with Crippen LogP contribution in [0.5, 0.6) is 0 Å². The lowest BCUT2D eigenvalue weighted by atomic mass is 10.2. The number of carbonyl (C=O) groups is 2. The van der Waals surface area contributed by atoms with Crippen molar-refractivity contribution in [2.75, 3.05) is 29.9 Å². The number of urea groups is 2. The summed E-state index contributed by atoms with van der Waals surface area (Å²) in [6.07, 6.45) is 2.02. The molecule has 25 heavy (non-hydrogen) atoms. The highest BCUT2D eigenvalue weighted by Gasteiger charge is 2.30. The summed E-state index contributed by atoms with van der Waals surface area (Å²) in [4.78, 5) is 29.4. The largest absolute Gasteiger partial charge is 0.336 e. The van der Waals surface area contributed by atoms with Gasteiger partial charge in [0.15, 0.2) is 0 Å². The molecule has 0 aliphatic carbocycles. The van der Waals surface area contributed by atoms with E-state index in [4.69, 9.17) is 0 Å². The van der Waals surface area contributed by atoms with Crippen molar-refractivity contribution in [2.24, 2.45) is 0 Å². The molecular formula is C18H20N4O2S. The highest BCUT2D eigenvalue weighted by atomic mass is 32.1. The van der Waals surface area contributed by atoms with Gasteiger partial charge in [-0.3, -0.25) is 4.90 Å². The number of likely N-dealkylation sites (tertiary alicyclic amines) is 1. The Morgan fingerprint density at radius 3 is 2.92 bits per heavy atom. The zero-order valence-corrected chi connectivity index (χ0v) is 14.6. The van der Waals surface area contributed by atoms with Crippen molar-refractivity contribution in [3.63, 3.8) is 0 Å². The fraction of sp³-hybridized carbons (Fsp3) is 0.333. The van der Waals surface area contributed by atoms with Crippen LogP contribution in [0.2, 0.25) is 0 Å². The Labute approximate surface area is 150 Å². The first-order valence-electron chi connectivity index (χ1n) is 8.49. The number of thiophene rings is 1. The highest BCUT2D eigenvalue weighted by Crippen LogP contribution is 2.35. The molecule has 2 aliphatic rings. The van der Waals surface area contributed by atoms with Gasteiger partial charge in [-0.05, 0) is 42.5 Å². The van der Waals surface area contributed by atoms with Gasteiger partial charge in [-0.1, -0.05) is 12.1 Å². The Kier molecular flexibility index (Phi) is 4.31. The normalized spacial score (nSPS) is 20.0. The van der Waals surface area contributed by atoms with Crippen LogP contribution in [0, 0.1) is 0 Å². The maximum absolute atomic E-state index is 12.7. The first-order valence-corrected chi connectivity index (χ1v) is 9.37. The first-order chi connectivity index (χ1) is 12.2. The minimum Gasteiger partial charge on any atom is -0.336 e. The summed E-state index contributed by atoms with van der Waals surface area (Å²) < 4.78 is 0. The van der Waals surface area contributed by atoms with Crippen LogP contribution in [0.15, 0.2) is 41.8 Å². The van der Waals surface area contributed by atoms with Crippen molar-refractivity contribution >= 4 is 34.8 Å². The molecule has 2 saturated heterocycles. The van der Waals surface area contributed by atoms with Crippen LogP contribution in [0.1, 0.15) is 23.8 Å². The second kappa shape index (κ2) is 6.76. The third-order valence-electron chi connectivity index (χ3n) is 4.65. The van der Waals surface area contributed by atoms with Gasteiger partial charge in [0.25, 0.3) is 0 Å². The lowest BCUT2D eigenvalue weighted by Crippen LogP contribution is -2.34. The van der Waals surface area contributed by atoms with Gasteiger partial charge in [0, 0.05) is 35.9 Å². The second-order valence-electron chi connectivity index (χ2n) is 6.23. The van der Waals surface area contributed by atoms with E-state index >= 15 is 0 Å². The van der Waals surface area contributed by atoms with Gasteiger partial charge in [-0.15, -0.1) is 11.3 Å². The molecule has 2 fully saturated rings. The zero-order chi connectivity index (χ0) is 17.2. The van der Waals surface area contributed by atoms with E-state index < -0.39 is 0 Å². The van der Waals surface area contributed by atoms with Crippen LogP contribution in [-0.4, -0.2) is 36.6 Å². The Bertz CT molecular complexity index is 777. The van der Waals surface area contributed by atoms with Gasteiger partial charge >= 0.3 is 12.1 Å². The average molecular weight is 356 g/mol. The van der Waals surface area contributed by atoms with E-state index in [1.165, 1.54) is 4.88 Å². The quantitative estimate of drug-likeness (QED) is 0.882. The van der Waals surface area contributed by atoms with E-state index in [0.717, 1.165) is 25.1 Å². The predicted octanol–water partition coefficient (Wildman–Crippen LogP) is 3.65. The molecule has 2 aromatic rings. The van der Waals surface area contributed by atoms with Crippen molar-refractivity contribution in [1.82, 2.24) is 10.2 Å². The molecule has 2 N–H and O–H groups in total. The van der Waals surface area contributed by atoms with E-state index in [2.05, 4.69) is 16.7 Å². The Hall–Kier alpha value is -2.54. The molecule has 1 atom stereocenters. The molecule has 4 amide bonds. The van der Waals surface area contributed by atoms with E-state index in [0.29, 0.717) is 18.8 Å². The molecule has 0 radical (unpaired) electrons. The third kappa shape index (κ3) is 3.19. The van der Waals surface area contributed by atoms with Gasteiger partial charge in [0.05, 0.1) is 6.04 Å². The van der Waals surface area contributed by atoms with Crippen LogP contribution in [0.25, 0.3) is 0 Å². The molecule has 0 saturated carbocycles. The van der Waals surface area contributed by atoms with Crippen molar-refractivity contribution in [3.8, 4) is 0 Å². The minimum atomic E-state index is -0.0965. The SMILES string of the molecule is O=C1NCCN1c1cccc(NC(=O)N2CCCC2c2cccs2)c1. The summed E-state index contributed by atoms with van der Waals surface area (Å²) in [6.45, 7) is 2.05. The summed E-state index contributed by atoms with van der Waals surface area (Å²) in [5.74, 6) is 0. The summed E-state index contributed by atoms with van der Waals surface area (Å²) in [5, 5.41) is 7.82. The fourth-order valence-electron chi connectivity index (χ4n) is 3.45. The van der Waals surface area contributed by atoms with Crippen molar-refractivity contribution in [2.45, 2.75) is 18.9 Å². The lowest BCUT2D eigenvalue weighted by molar-refractivity contribution is 0.208. The standard InChI is InChI=1S/C18H20N4O2S/c23-17-19-8-10-21(17)14-5-1-4-13(12-14)20-18(24)22-9-2-6-15(22)16-7-3-11-25-16/h1,3-5,7,11-12,15H,2,6,8-10H2,(H,19,23)(H,20,24). The van der Waals surface area contributed by atoms with Crippen LogP contribution in [-0.2, 0) is 0 Å². The van der Waals surface area contributed by atoms with E-state index in [1.54, 1.807) is 16.2 Å². The maximum atomic E-state index is 12.7. The van der Waals surface area contributed by atoms with Gasteiger partial charge in [0.1, 0.15) is 0 Å². The van der Waals surface area contributed by atoms with Crippen molar-refractivity contribution < 1.29 is 9.59 Å². The minimum absolute atomic E-state index is 0.0843. The monoisotopic (exact) mass is 356 g/mol. The molecule has 7 heteroatoms. The number of amides is 4. The first kappa shape index (κ1) is 16.0. The molecule has 0 spiro atoms. The number of benzene rings is 1. The number of nitrogens with one attached hydrogen (secondary N) is 2. The number of nitrogens with zero attached hydrogens (tertiary/aromatic N) is 2. The van der Waals surface area contributed by atoms with E-state index in [-0.39, 0.29) is 18.1 Å². The molecule has 1 unspecified atom stereocenters. The topological polar surface area (TPSA) is 64.7 Å². The predicted molar refractivity (Wildman–Crippen MR) is 99.2 cm³/mol. The number of anilines is 2. The Balaban J connectivity index is 1.48. The van der Waals surface area contributed by atoms with Crippen LogP contribution < -0.4 is 15.5 Å². The molecule has 130 valence electrons. The number of rotatable bonds is 3.